The summed E-state index contributed by atoms with van der Waals surface area (Å²) in [7, 11) is 0. The monoisotopic (exact) mass is 273 g/mol. The molecule has 5 nitrogen and oxygen atoms in total. The van der Waals surface area contributed by atoms with Gasteiger partial charge < -0.3 is 15.0 Å². The molecule has 1 heterocycles. The minimum absolute atomic E-state index is 0.0159. The first kappa shape index (κ1) is 14.2. The summed E-state index contributed by atoms with van der Waals surface area (Å²) in [5, 5.41) is 11.5. The van der Waals surface area contributed by atoms with Crippen LogP contribution in [-0.2, 0) is 0 Å². The van der Waals surface area contributed by atoms with Gasteiger partial charge in [-0.25, -0.2) is 4.79 Å². The Morgan fingerprint density at radius 3 is 2.85 bits per heavy atom. The summed E-state index contributed by atoms with van der Waals surface area (Å²) in [6.07, 6.45) is 1.08. The maximum Gasteiger partial charge on any atom is 0.317 e. The molecule has 1 aliphatic rings. The quantitative estimate of drug-likeness (QED) is 0.853. The number of nitriles is 1. The molecule has 1 aliphatic heterocycles. The summed E-state index contributed by atoms with van der Waals surface area (Å²) in [6.45, 7) is 4.72. The molecule has 0 spiro atoms. The number of hydrogen-bond acceptors (Lipinski definition) is 3. The van der Waals surface area contributed by atoms with E-state index in [1.807, 2.05) is 4.90 Å². The molecule has 0 saturated carbocycles. The minimum Gasteiger partial charge on any atom is -0.492 e. The van der Waals surface area contributed by atoms with Crippen LogP contribution in [-0.4, -0.2) is 37.2 Å². The summed E-state index contributed by atoms with van der Waals surface area (Å²) < 4.78 is 5.50. The van der Waals surface area contributed by atoms with Gasteiger partial charge in [-0.15, -0.1) is 0 Å². The van der Waals surface area contributed by atoms with Crippen LogP contribution >= 0.6 is 0 Å². The molecule has 0 radical (unpaired) electrons. The van der Waals surface area contributed by atoms with Crippen molar-refractivity contribution in [2.75, 3.05) is 26.2 Å². The number of amides is 2. The van der Waals surface area contributed by atoms with Gasteiger partial charge in [-0.05, 0) is 36.6 Å². The molecular formula is C15H19N3O2. The highest BCUT2D eigenvalue weighted by Crippen LogP contribution is 2.14. The van der Waals surface area contributed by atoms with Crippen molar-refractivity contribution in [1.29, 1.82) is 5.26 Å². The third kappa shape index (κ3) is 3.89. The van der Waals surface area contributed by atoms with Crippen LogP contribution in [0.5, 0.6) is 5.75 Å². The molecule has 1 aromatic rings. The molecule has 1 saturated heterocycles. The van der Waals surface area contributed by atoms with Gasteiger partial charge in [0.1, 0.15) is 12.4 Å². The van der Waals surface area contributed by atoms with E-state index in [2.05, 4.69) is 18.3 Å². The van der Waals surface area contributed by atoms with Gasteiger partial charge in [0, 0.05) is 13.1 Å². The van der Waals surface area contributed by atoms with E-state index in [4.69, 9.17) is 10.00 Å². The Kier molecular flexibility index (Phi) is 4.83. The SMILES string of the molecule is CC1CCN(C(=O)NCCOc2ccc(C#N)cc2)C1. The standard InChI is InChI=1S/C15H19N3O2/c1-12-6-8-18(11-12)15(19)17-7-9-20-14-4-2-13(10-16)3-5-14/h2-5,12H,6-9,11H2,1H3,(H,17,19). The first-order valence-corrected chi connectivity index (χ1v) is 6.85. The second kappa shape index (κ2) is 6.80. The molecule has 1 aromatic carbocycles. The Hall–Kier alpha value is -2.22. The lowest BCUT2D eigenvalue weighted by Crippen LogP contribution is -2.40. The van der Waals surface area contributed by atoms with Gasteiger partial charge in [0.05, 0.1) is 18.2 Å². The summed E-state index contributed by atoms with van der Waals surface area (Å²) in [6, 6.07) is 8.96. The molecular weight excluding hydrogens is 254 g/mol. The lowest BCUT2D eigenvalue weighted by molar-refractivity contribution is 0.204. The fraction of sp³-hybridized carbons (Fsp3) is 0.467. The second-order valence-corrected chi connectivity index (χ2v) is 5.06. The van der Waals surface area contributed by atoms with Crippen LogP contribution < -0.4 is 10.1 Å². The molecule has 20 heavy (non-hydrogen) atoms. The van der Waals surface area contributed by atoms with E-state index in [0.29, 0.717) is 30.4 Å². The molecule has 2 rings (SSSR count). The smallest absolute Gasteiger partial charge is 0.317 e. The predicted octanol–water partition coefficient (Wildman–Crippen LogP) is 1.99. The fourth-order valence-corrected chi connectivity index (χ4v) is 2.18. The summed E-state index contributed by atoms with van der Waals surface area (Å²) in [4.78, 5) is 13.6. The summed E-state index contributed by atoms with van der Waals surface area (Å²) in [5.74, 6) is 1.30. The van der Waals surface area contributed by atoms with Crippen molar-refractivity contribution in [2.24, 2.45) is 5.92 Å². The zero-order valence-corrected chi connectivity index (χ0v) is 11.6. The van der Waals surface area contributed by atoms with Crippen LogP contribution in [0.25, 0.3) is 0 Å². The summed E-state index contributed by atoms with van der Waals surface area (Å²) >= 11 is 0. The van der Waals surface area contributed by atoms with E-state index in [0.717, 1.165) is 19.5 Å². The van der Waals surface area contributed by atoms with Crippen LogP contribution in [0, 0.1) is 17.2 Å². The van der Waals surface area contributed by atoms with Gasteiger partial charge in [-0.3, -0.25) is 0 Å². The zero-order chi connectivity index (χ0) is 14.4. The summed E-state index contributed by atoms with van der Waals surface area (Å²) in [5.41, 5.74) is 0.605. The van der Waals surface area contributed by atoms with Crippen molar-refractivity contribution in [1.82, 2.24) is 10.2 Å². The number of likely N-dealkylation sites (tertiary alicyclic amines) is 1. The number of carbonyl (C=O) groups is 1. The van der Waals surface area contributed by atoms with Crippen molar-refractivity contribution in [3.05, 3.63) is 29.8 Å². The highest BCUT2D eigenvalue weighted by Gasteiger charge is 2.22. The van der Waals surface area contributed by atoms with Crippen molar-refractivity contribution in [3.63, 3.8) is 0 Å². The van der Waals surface area contributed by atoms with E-state index in [-0.39, 0.29) is 6.03 Å². The molecule has 0 bridgehead atoms. The molecule has 1 N–H and O–H groups in total. The molecule has 106 valence electrons. The molecule has 5 heteroatoms. The van der Waals surface area contributed by atoms with Gasteiger partial charge in [0.2, 0.25) is 0 Å². The van der Waals surface area contributed by atoms with E-state index in [1.165, 1.54) is 0 Å². The average molecular weight is 273 g/mol. The number of rotatable bonds is 4. The van der Waals surface area contributed by atoms with Gasteiger partial charge in [0.15, 0.2) is 0 Å². The Morgan fingerprint density at radius 2 is 2.25 bits per heavy atom. The molecule has 1 fully saturated rings. The largest absolute Gasteiger partial charge is 0.492 e. The van der Waals surface area contributed by atoms with Gasteiger partial charge >= 0.3 is 6.03 Å². The van der Waals surface area contributed by atoms with E-state index in [1.54, 1.807) is 24.3 Å². The molecule has 1 atom stereocenters. The highest BCUT2D eigenvalue weighted by molar-refractivity contribution is 5.74. The van der Waals surface area contributed by atoms with Crippen molar-refractivity contribution < 1.29 is 9.53 Å². The van der Waals surface area contributed by atoms with E-state index in [9.17, 15) is 4.79 Å². The maximum atomic E-state index is 11.8. The van der Waals surface area contributed by atoms with Crippen molar-refractivity contribution in [3.8, 4) is 11.8 Å². The van der Waals surface area contributed by atoms with Crippen molar-refractivity contribution in [2.45, 2.75) is 13.3 Å². The number of ether oxygens (including phenoxy) is 1. The van der Waals surface area contributed by atoms with Crippen LogP contribution in [0.15, 0.2) is 24.3 Å². The Morgan fingerprint density at radius 1 is 1.50 bits per heavy atom. The maximum absolute atomic E-state index is 11.8. The third-order valence-corrected chi connectivity index (χ3v) is 3.34. The Bertz CT molecular complexity index is 493. The predicted molar refractivity (Wildman–Crippen MR) is 75.4 cm³/mol. The molecule has 0 aromatic heterocycles. The number of nitrogens with one attached hydrogen (secondary N) is 1. The van der Waals surface area contributed by atoms with Crippen LogP contribution in [0.1, 0.15) is 18.9 Å². The molecule has 1 unspecified atom stereocenters. The lowest BCUT2D eigenvalue weighted by atomic mass is 10.2. The van der Waals surface area contributed by atoms with E-state index >= 15 is 0 Å². The average Bonchev–Trinajstić information content (AvgIpc) is 2.91. The normalized spacial score (nSPS) is 17.6. The van der Waals surface area contributed by atoms with Gasteiger partial charge in [-0.1, -0.05) is 6.92 Å². The number of hydrogen-bond donors (Lipinski definition) is 1. The van der Waals surface area contributed by atoms with Crippen LogP contribution in [0.2, 0.25) is 0 Å². The number of benzene rings is 1. The third-order valence-electron chi connectivity index (χ3n) is 3.34. The lowest BCUT2D eigenvalue weighted by Gasteiger charge is -2.16. The first-order valence-electron chi connectivity index (χ1n) is 6.85. The van der Waals surface area contributed by atoms with Gasteiger partial charge in [-0.2, -0.15) is 5.26 Å². The Labute approximate surface area is 119 Å². The topological polar surface area (TPSA) is 65.4 Å². The molecule has 0 aliphatic carbocycles. The van der Waals surface area contributed by atoms with Crippen molar-refractivity contribution >= 4 is 6.03 Å². The van der Waals surface area contributed by atoms with Crippen LogP contribution in [0.4, 0.5) is 4.79 Å². The van der Waals surface area contributed by atoms with Gasteiger partial charge in [0.25, 0.3) is 0 Å². The number of carbonyl (C=O) groups excluding carboxylic acids is 1. The molecule has 2 amide bonds. The second-order valence-electron chi connectivity index (χ2n) is 5.06. The zero-order valence-electron chi connectivity index (χ0n) is 11.6. The van der Waals surface area contributed by atoms with Crippen LogP contribution in [0.3, 0.4) is 0 Å². The first-order chi connectivity index (χ1) is 9.69. The minimum atomic E-state index is -0.0159. The highest BCUT2D eigenvalue weighted by atomic mass is 16.5. The van der Waals surface area contributed by atoms with E-state index < -0.39 is 0 Å². The fourth-order valence-electron chi connectivity index (χ4n) is 2.18. The number of nitrogens with zero attached hydrogens (tertiary/aromatic N) is 2. The Balaban J connectivity index is 1.66. The number of urea groups is 1.